The number of aromatic amines is 1. The van der Waals surface area contributed by atoms with Crippen molar-refractivity contribution >= 4 is 22.7 Å². The zero-order valence-corrected chi connectivity index (χ0v) is 13.9. The van der Waals surface area contributed by atoms with Crippen molar-refractivity contribution in [3.8, 4) is 0 Å². The Labute approximate surface area is 142 Å². The molecule has 4 rings (SSSR count). The van der Waals surface area contributed by atoms with Crippen molar-refractivity contribution in [2.45, 2.75) is 12.8 Å². The Morgan fingerprint density at radius 3 is 2.96 bits per heavy atom. The van der Waals surface area contributed by atoms with Crippen molar-refractivity contribution in [2.24, 2.45) is 0 Å². The van der Waals surface area contributed by atoms with E-state index in [0.29, 0.717) is 5.92 Å². The molecule has 1 heterocycles. The molecule has 2 aromatic carbocycles. The highest BCUT2D eigenvalue weighted by Crippen LogP contribution is 2.36. The van der Waals surface area contributed by atoms with E-state index in [0.717, 1.165) is 25.4 Å². The van der Waals surface area contributed by atoms with Crippen molar-refractivity contribution < 1.29 is 4.74 Å². The van der Waals surface area contributed by atoms with Crippen molar-refractivity contribution in [1.82, 2.24) is 4.98 Å². The van der Waals surface area contributed by atoms with E-state index in [4.69, 9.17) is 4.74 Å². The minimum Gasteiger partial charge on any atom is -0.383 e. The Bertz CT molecular complexity index is 878. The molecule has 1 unspecified atom stereocenters. The van der Waals surface area contributed by atoms with Crippen LogP contribution in [0.4, 0.5) is 5.69 Å². The van der Waals surface area contributed by atoms with Crippen LogP contribution in [0.5, 0.6) is 0 Å². The number of benzene rings is 2. The van der Waals surface area contributed by atoms with Gasteiger partial charge in [0.05, 0.1) is 6.61 Å². The van der Waals surface area contributed by atoms with Crippen LogP contribution in [0.3, 0.4) is 0 Å². The Morgan fingerprint density at radius 1 is 1.12 bits per heavy atom. The molecule has 122 valence electrons. The number of fused-ring (bicyclic) bond motifs is 2. The highest BCUT2D eigenvalue weighted by atomic mass is 16.5. The first-order valence-corrected chi connectivity index (χ1v) is 8.56. The summed E-state index contributed by atoms with van der Waals surface area (Å²) in [5.74, 6) is 0.322. The van der Waals surface area contributed by atoms with Crippen LogP contribution in [0.2, 0.25) is 0 Å². The highest BCUT2D eigenvalue weighted by molar-refractivity contribution is 5.84. The molecule has 0 saturated carbocycles. The molecule has 0 radical (unpaired) electrons. The van der Waals surface area contributed by atoms with Crippen LogP contribution < -0.4 is 5.32 Å². The number of rotatable bonds is 6. The number of aromatic nitrogens is 1. The summed E-state index contributed by atoms with van der Waals surface area (Å²) < 4.78 is 5.37. The lowest BCUT2D eigenvalue weighted by Gasteiger charge is -2.08. The normalized spacial score (nSPS) is 15.8. The van der Waals surface area contributed by atoms with Gasteiger partial charge in [-0.3, -0.25) is 0 Å². The maximum Gasteiger partial charge on any atom is 0.0638 e. The van der Waals surface area contributed by atoms with E-state index in [2.05, 4.69) is 71.0 Å². The number of anilines is 1. The standard InChI is InChI=1S/C21H22N2O/c1-2-24-12-11-22-17-8-10-20-16(13-17)14-21(23-20)19-9-7-15-5-3-4-6-18(15)19/h3-10,13-14,19,22-23H,2,11-12H2,1H3. The van der Waals surface area contributed by atoms with Gasteiger partial charge in [0.15, 0.2) is 0 Å². The molecule has 1 atom stereocenters. The van der Waals surface area contributed by atoms with Crippen molar-refractivity contribution in [1.29, 1.82) is 0 Å². The summed E-state index contributed by atoms with van der Waals surface area (Å²) in [6.07, 6.45) is 4.49. The molecular formula is C21H22N2O. The van der Waals surface area contributed by atoms with Gasteiger partial charge in [-0.1, -0.05) is 36.4 Å². The average Bonchev–Trinajstić information content (AvgIpc) is 3.21. The summed E-state index contributed by atoms with van der Waals surface area (Å²) in [5, 5.41) is 4.65. The zero-order chi connectivity index (χ0) is 16.4. The monoisotopic (exact) mass is 318 g/mol. The molecule has 1 aliphatic carbocycles. The van der Waals surface area contributed by atoms with Crippen LogP contribution in [0, 0.1) is 0 Å². The van der Waals surface area contributed by atoms with Gasteiger partial charge in [0.25, 0.3) is 0 Å². The predicted molar refractivity (Wildman–Crippen MR) is 101 cm³/mol. The second kappa shape index (κ2) is 6.54. The van der Waals surface area contributed by atoms with Crippen molar-refractivity contribution in [2.75, 3.05) is 25.1 Å². The first-order chi connectivity index (χ1) is 11.8. The third-order valence-corrected chi connectivity index (χ3v) is 4.56. The van der Waals surface area contributed by atoms with Gasteiger partial charge in [-0.05, 0) is 42.3 Å². The van der Waals surface area contributed by atoms with Gasteiger partial charge >= 0.3 is 0 Å². The molecule has 0 saturated heterocycles. The van der Waals surface area contributed by atoms with Crippen molar-refractivity contribution in [3.05, 3.63) is 71.4 Å². The van der Waals surface area contributed by atoms with Gasteiger partial charge in [-0.15, -0.1) is 0 Å². The molecule has 0 bridgehead atoms. The maximum atomic E-state index is 5.37. The minimum atomic E-state index is 0.322. The van der Waals surface area contributed by atoms with Crippen LogP contribution in [0.15, 0.2) is 54.6 Å². The summed E-state index contributed by atoms with van der Waals surface area (Å²) in [4.78, 5) is 3.58. The van der Waals surface area contributed by atoms with E-state index < -0.39 is 0 Å². The number of H-pyrrole nitrogens is 1. The van der Waals surface area contributed by atoms with Gasteiger partial charge in [-0.2, -0.15) is 0 Å². The summed E-state index contributed by atoms with van der Waals surface area (Å²) in [6.45, 7) is 4.34. The first-order valence-electron chi connectivity index (χ1n) is 8.56. The molecule has 0 fully saturated rings. The number of ether oxygens (including phenoxy) is 1. The smallest absolute Gasteiger partial charge is 0.0638 e. The molecule has 0 aliphatic heterocycles. The van der Waals surface area contributed by atoms with Gasteiger partial charge in [0.1, 0.15) is 0 Å². The van der Waals surface area contributed by atoms with E-state index in [-0.39, 0.29) is 0 Å². The Morgan fingerprint density at radius 2 is 2.04 bits per heavy atom. The summed E-state index contributed by atoms with van der Waals surface area (Å²) in [7, 11) is 0. The third-order valence-electron chi connectivity index (χ3n) is 4.56. The average molecular weight is 318 g/mol. The Hall–Kier alpha value is -2.52. The Balaban J connectivity index is 1.57. The molecule has 3 heteroatoms. The second-order valence-electron chi connectivity index (χ2n) is 6.12. The predicted octanol–water partition coefficient (Wildman–Crippen LogP) is 4.78. The number of allylic oxidation sites excluding steroid dienone is 1. The van der Waals surface area contributed by atoms with Gasteiger partial charge < -0.3 is 15.0 Å². The second-order valence-corrected chi connectivity index (χ2v) is 6.12. The summed E-state index contributed by atoms with van der Waals surface area (Å²) >= 11 is 0. The topological polar surface area (TPSA) is 37.0 Å². The minimum absolute atomic E-state index is 0.322. The van der Waals surface area contributed by atoms with Gasteiger partial charge in [0, 0.05) is 41.4 Å². The van der Waals surface area contributed by atoms with E-state index >= 15 is 0 Å². The fraction of sp³-hybridized carbons (Fsp3) is 0.238. The lowest BCUT2D eigenvalue weighted by Crippen LogP contribution is -2.08. The molecule has 2 N–H and O–H groups in total. The molecule has 1 aromatic heterocycles. The molecule has 0 spiro atoms. The van der Waals surface area contributed by atoms with E-state index in [1.807, 2.05) is 6.92 Å². The largest absolute Gasteiger partial charge is 0.383 e. The molecule has 0 amide bonds. The zero-order valence-electron chi connectivity index (χ0n) is 13.9. The van der Waals surface area contributed by atoms with E-state index in [9.17, 15) is 0 Å². The van der Waals surface area contributed by atoms with Crippen LogP contribution >= 0.6 is 0 Å². The van der Waals surface area contributed by atoms with Crippen LogP contribution in [-0.2, 0) is 4.74 Å². The molecule has 24 heavy (non-hydrogen) atoms. The van der Waals surface area contributed by atoms with Crippen molar-refractivity contribution in [3.63, 3.8) is 0 Å². The van der Waals surface area contributed by atoms with E-state index in [1.165, 1.54) is 27.7 Å². The molecule has 3 aromatic rings. The van der Waals surface area contributed by atoms with Gasteiger partial charge in [-0.25, -0.2) is 0 Å². The van der Waals surface area contributed by atoms with Gasteiger partial charge in [0.2, 0.25) is 0 Å². The number of hydrogen-bond acceptors (Lipinski definition) is 2. The fourth-order valence-corrected chi connectivity index (χ4v) is 3.37. The van der Waals surface area contributed by atoms with Crippen LogP contribution in [0.25, 0.3) is 17.0 Å². The molecule has 3 nitrogen and oxygen atoms in total. The third kappa shape index (κ3) is 2.83. The van der Waals surface area contributed by atoms with Crippen LogP contribution in [-0.4, -0.2) is 24.7 Å². The number of nitrogens with one attached hydrogen (secondary N) is 2. The first kappa shape index (κ1) is 15.0. The lowest BCUT2D eigenvalue weighted by atomic mass is 9.98. The SMILES string of the molecule is CCOCCNc1ccc2[nH]c(C3C=Cc4ccccc43)cc2c1. The maximum absolute atomic E-state index is 5.37. The fourth-order valence-electron chi connectivity index (χ4n) is 3.37. The summed E-state index contributed by atoms with van der Waals surface area (Å²) in [6, 6.07) is 17.3. The van der Waals surface area contributed by atoms with Crippen LogP contribution in [0.1, 0.15) is 29.7 Å². The van der Waals surface area contributed by atoms with E-state index in [1.54, 1.807) is 0 Å². The Kier molecular flexibility index (Phi) is 4.09. The lowest BCUT2D eigenvalue weighted by molar-refractivity contribution is 0.158. The number of hydrogen-bond donors (Lipinski definition) is 2. The molecular weight excluding hydrogens is 296 g/mol. The quantitative estimate of drug-likeness (QED) is 0.642. The molecule has 1 aliphatic rings. The summed E-state index contributed by atoms with van der Waals surface area (Å²) in [5.41, 5.74) is 6.25. The highest BCUT2D eigenvalue weighted by Gasteiger charge is 2.20.